The maximum atomic E-state index is 13.2. The van der Waals surface area contributed by atoms with Gasteiger partial charge >= 0.3 is 0 Å². The van der Waals surface area contributed by atoms with E-state index >= 15 is 0 Å². The van der Waals surface area contributed by atoms with Crippen molar-refractivity contribution < 1.29 is 9.13 Å². The molecule has 0 bridgehead atoms. The molecular formula is C13H15FN2O. The second-order valence-electron chi connectivity index (χ2n) is 4.41. The summed E-state index contributed by atoms with van der Waals surface area (Å²) in [5, 5.41) is 8.75. The first-order valence-corrected chi connectivity index (χ1v) is 5.73. The standard InChI is InChI=1S/C13H15FN2O/c1-16-4-2-12(3-5-16)17-13-7-10(9-15)6-11(14)8-13/h6-8,12H,2-5H2,1H3. The van der Waals surface area contributed by atoms with Crippen LogP contribution in [-0.4, -0.2) is 31.1 Å². The fraction of sp³-hybridized carbons (Fsp3) is 0.462. The van der Waals surface area contributed by atoms with Crippen LogP contribution in [0.15, 0.2) is 18.2 Å². The molecule has 1 saturated heterocycles. The highest BCUT2D eigenvalue weighted by atomic mass is 19.1. The first-order chi connectivity index (χ1) is 8.17. The Bertz CT molecular complexity index is 434. The molecule has 17 heavy (non-hydrogen) atoms. The van der Waals surface area contributed by atoms with Gasteiger partial charge in [-0.2, -0.15) is 5.26 Å². The third kappa shape index (κ3) is 3.18. The van der Waals surface area contributed by atoms with Crippen LogP contribution >= 0.6 is 0 Å². The van der Waals surface area contributed by atoms with Gasteiger partial charge in [0.25, 0.3) is 0 Å². The smallest absolute Gasteiger partial charge is 0.128 e. The third-order valence-electron chi connectivity index (χ3n) is 2.97. The van der Waals surface area contributed by atoms with Gasteiger partial charge in [0.1, 0.15) is 17.7 Å². The Morgan fingerprint density at radius 3 is 2.71 bits per heavy atom. The van der Waals surface area contributed by atoms with Crippen molar-refractivity contribution in [1.29, 1.82) is 5.26 Å². The Labute approximate surface area is 100 Å². The van der Waals surface area contributed by atoms with Crippen molar-refractivity contribution in [3.8, 4) is 11.8 Å². The van der Waals surface area contributed by atoms with E-state index < -0.39 is 5.82 Å². The van der Waals surface area contributed by atoms with E-state index in [9.17, 15) is 4.39 Å². The number of nitriles is 1. The molecule has 0 aromatic heterocycles. The fourth-order valence-electron chi connectivity index (χ4n) is 1.99. The molecule has 1 aromatic carbocycles. The topological polar surface area (TPSA) is 36.3 Å². The zero-order chi connectivity index (χ0) is 12.3. The predicted molar refractivity (Wildman–Crippen MR) is 62.3 cm³/mol. The largest absolute Gasteiger partial charge is 0.490 e. The molecule has 0 radical (unpaired) electrons. The van der Waals surface area contributed by atoms with E-state index in [4.69, 9.17) is 10.00 Å². The second kappa shape index (κ2) is 5.15. The molecule has 2 rings (SSSR count). The average Bonchev–Trinajstić information content (AvgIpc) is 2.31. The van der Waals surface area contributed by atoms with Crippen molar-refractivity contribution in [3.63, 3.8) is 0 Å². The van der Waals surface area contributed by atoms with Crippen LogP contribution in [0.2, 0.25) is 0 Å². The molecule has 0 N–H and O–H groups in total. The van der Waals surface area contributed by atoms with E-state index in [0.717, 1.165) is 25.9 Å². The van der Waals surface area contributed by atoms with Crippen molar-refractivity contribution in [3.05, 3.63) is 29.6 Å². The van der Waals surface area contributed by atoms with Crippen LogP contribution in [0.5, 0.6) is 5.75 Å². The average molecular weight is 234 g/mol. The summed E-state index contributed by atoms with van der Waals surface area (Å²) in [5.74, 6) is 0.0306. The maximum Gasteiger partial charge on any atom is 0.128 e. The van der Waals surface area contributed by atoms with Crippen molar-refractivity contribution in [2.75, 3.05) is 20.1 Å². The molecule has 0 atom stereocenters. The molecule has 1 aliphatic rings. The van der Waals surface area contributed by atoms with Gasteiger partial charge in [-0.1, -0.05) is 0 Å². The van der Waals surface area contributed by atoms with E-state index in [1.165, 1.54) is 12.1 Å². The predicted octanol–water partition coefficient (Wildman–Crippen LogP) is 2.17. The molecule has 0 spiro atoms. The van der Waals surface area contributed by atoms with Crippen LogP contribution in [0.4, 0.5) is 4.39 Å². The quantitative estimate of drug-likeness (QED) is 0.786. The molecule has 0 unspecified atom stereocenters. The minimum absolute atomic E-state index is 0.125. The molecule has 1 heterocycles. The van der Waals surface area contributed by atoms with Crippen LogP contribution in [-0.2, 0) is 0 Å². The summed E-state index contributed by atoms with van der Waals surface area (Å²) < 4.78 is 18.9. The van der Waals surface area contributed by atoms with Gasteiger partial charge in [0.05, 0.1) is 11.6 Å². The zero-order valence-electron chi connectivity index (χ0n) is 9.82. The number of ether oxygens (including phenoxy) is 1. The summed E-state index contributed by atoms with van der Waals surface area (Å²) in [4.78, 5) is 2.24. The summed E-state index contributed by atoms with van der Waals surface area (Å²) in [7, 11) is 2.08. The maximum absolute atomic E-state index is 13.2. The van der Waals surface area contributed by atoms with Gasteiger partial charge in [-0.15, -0.1) is 0 Å². The Morgan fingerprint density at radius 1 is 1.35 bits per heavy atom. The fourth-order valence-corrected chi connectivity index (χ4v) is 1.99. The molecule has 0 aliphatic carbocycles. The van der Waals surface area contributed by atoms with E-state index in [0.29, 0.717) is 11.3 Å². The monoisotopic (exact) mass is 234 g/mol. The van der Waals surface area contributed by atoms with Gasteiger partial charge < -0.3 is 9.64 Å². The van der Waals surface area contributed by atoms with Gasteiger partial charge in [0.2, 0.25) is 0 Å². The van der Waals surface area contributed by atoms with Crippen molar-refractivity contribution >= 4 is 0 Å². The first kappa shape index (κ1) is 11.9. The van der Waals surface area contributed by atoms with Crippen LogP contribution < -0.4 is 4.74 Å². The first-order valence-electron chi connectivity index (χ1n) is 5.73. The normalized spacial score (nSPS) is 17.7. The number of likely N-dealkylation sites (tertiary alicyclic amines) is 1. The minimum Gasteiger partial charge on any atom is -0.490 e. The van der Waals surface area contributed by atoms with Gasteiger partial charge in [-0.3, -0.25) is 0 Å². The van der Waals surface area contributed by atoms with Gasteiger partial charge in [0.15, 0.2) is 0 Å². The molecule has 90 valence electrons. The van der Waals surface area contributed by atoms with Crippen LogP contribution in [0.3, 0.4) is 0 Å². The highest BCUT2D eigenvalue weighted by Gasteiger charge is 2.18. The summed E-state index contributed by atoms with van der Waals surface area (Å²) in [5.41, 5.74) is 0.299. The van der Waals surface area contributed by atoms with E-state index in [1.54, 1.807) is 6.07 Å². The van der Waals surface area contributed by atoms with Gasteiger partial charge in [0, 0.05) is 19.2 Å². The lowest BCUT2D eigenvalue weighted by atomic mass is 10.1. The summed E-state index contributed by atoms with van der Waals surface area (Å²) in [6.45, 7) is 1.98. The van der Waals surface area contributed by atoms with Crippen molar-refractivity contribution in [2.24, 2.45) is 0 Å². The molecule has 0 saturated carbocycles. The zero-order valence-corrected chi connectivity index (χ0v) is 9.82. The van der Waals surface area contributed by atoms with Crippen LogP contribution in [0.1, 0.15) is 18.4 Å². The van der Waals surface area contributed by atoms with Crippen molar-refractivity contribution in [2.45, 2.75) is 18.9 Å². The summed E-state index contributed by atoms with van der Waals surface area (Å²) in [6.07, 6.45) is 2.00. The molecule has 1 aliphatic heterocycles. The lowest BCUT2D eigenvalue weighted by molar-refractivity contribution is 0.114. The lowest BCUT2D eigenvalue weighted by Gasteiger charge is -2.29. The number of hydrogen-bond acceptors (Lipinski definition) is 3. The third-order valence-corrected chi connectivity index (χ3v) is 2.97. The number of nitrogens with zero attached hydrogens (tertiary/aromatic N) is 2. The highest BCUT2D eigenvalue weighted by Crippen LogP contribution is 2.21. The number of rotatable bonds is 2. The SMILES string of the molecule is CN1CCC(Oc2cc(F)cc(C#N)c2)CC1. The van der Waals surface area contributed by atoms with Crippen LogP contribution in [0, 0.1) is 17.1 Å². The van der Waals surface area contributed by atoms with Gasteiger partial charge in [-0.25, -0.2) is 4.39 Å². The number of hydrogen-bond donors (Lipinski definition) is 0. The number of piperidine rings is 1. The van der Waals surface area contributed by atoms with Crippen molar-refractivity contribution in [1.82, 2.24) is 4.90 Å². The number of halogens is 1. The second-order valence-corrected chi connectivity index (χ2v) is 4.41. The van der Waals surface area contributed by atoms with E-state index in [2.05, 4.69) is 11.9 Å². The molecule has 4 heteroatoms. The summed E-state index contributed by atoms with van der Waals surface area (Å²) in [6, 6.07) is 6.05. The van der Waals surface area contributed by atoms with Crippen LogP contribution in [0.25, 0.3) is 0 Å². The molecule has 1 aromatic rings. The van der Waals surface area contributed by atoms with E-state index in [1.807, 2.05) is 6.07 Å². The lowest BCUT2D eigenvalue weighted by Crippen LogP contribution is -2.35. The molecule has 0 amide bonds. The molecule has 1 fully saturated rings. The number of benzene rings is 1. The minimum atomic E-state index is -0.424. The molecular weight excluding hydrogens is 219 g/mol. The Hall–Kier alpha value is -1.60. The summed E-state index contributed by atoms with van der Waals surface area (Å²) >= 11 is 0. The van der Waals surface area contributed by atoms with E-state index in [-0.39, 0.29) is 6.10 Å². The molecule has 3 nitrogen and oxygen atoms in total. The Kier molecular flexibility index (Phi) is 3.60. The highest BCUT2D eigenvalue weighted by molar-refractivity contribution is 5.37. The Morgan fingerprint density at radius 2 is 2.06 bits per heavy atom. The Balaban J connectivity index is 2.03. The van der Waals surface area contributed by atoms with Gasteiger partial charge in [-0.05, 0) is 32.0 Å².